The second-order valence-corrected chi connectivity index (χ2v) is 5.10. The lowest BCUT2D eigenvalue weighted by atomic mass is 10.2. The number of carbonyl (C=O) groups excluding carboxylic acids is 1. The summed E-state index contributed by atoms with van der Waals surface area (Å²) in [7, 11) is 0. The lowest BCUT2D eigenvalue weighted by molar-refractivity contribution is 0.0735. The van der Waals surface area contributed by atoms with E-state index in [1.54, 1.807) is 66.9 Å². The minimum absolute atomic E-state index is 0.207. The van der Waals surface area contributed by atoms with Gasteiger partial charge in [-0.1, -0.05) is 18.2 Å². The Morgan fingerprint density at radius 3 is 2.21 bits per heavy atom. The number of carbonyl (C=O) groups is 1. The van der Waals surface area contributed by atoms with Crippen molar-refractivity contribution < 1.29 is 14.6 Å². The van der Waals surface area contributed by atoms with Crippen molar-refractivity contribution in [1.29, 1.82) is 0 Å². The maximum atomic E-state index is 12.0. The van der Waals surface area contributed by atoms with Crippen molar-refractivity contribution in [2.75, 3.05) is 0 Å². The van der Waals surface area contributed by atoms with Crippen LogP contribution in [0.3, 0.4) is 0 Å². The molecule has 118 valence electrons. The minimum Gasteiger partial charge on any atom is -0.508 e. The van der Waals surface area contributed by atoms with Crippen LogP contribution in [-0.4, -0.2) is 17.3 Å². The summed E-state index contributed by atoms with van der Waals surface area (Å²) >= 11 is 0. The maximum Gasteiger partial charge on any atom is 0.343 e. The Labute approximate surface area is 139 Å². The normalized spacial score (nSPS) is 10.7. The molecular weight excluding hydrogens is 302 g/mol. The lowest BCUT2D eigenvalue weighted by Gasteiger charge is -2.04. The molecule has 4 nitrogen and oxygen atoms in total. The van der Waals surface area contributed by atoms with E-state index in [1.165, 1.54) is 0 Å². The number of nitrogens with zero attached hydrogens (tertiary/aromatic N) is 1. The van der Waals surface area contributed by atoms with Gasteiger partial charge in [0.1, 0.15) is 11.5 Å². The van der Waals surface area contributed by atoms with Gasteiger partial charge in [-0.2, -0.15) is 0 Å². The van der Waals surface area contributed by atoms with E-state index in [1.807, 2.05) is 18.2 Å². The molecule has 3 aromatic carbocycles. The second-order valence-electron chi connectivity index (χ2n) is 5.10. The van der Waals surface area contributed by atoms with Crippen LogP contribution in [0.15, 0.2) is 83.9 Å². The third kappa shape index (κ3) is 4.08. The van der Waals surface area contributed by atoms with Gasteiger partial charge in [0, 0.05) is 6.21 Å². The lowest BCUT2D eigenvalue weighted by Crippen LogP contribution is -2.07. The van der Waals surface area contributed by atoms with Gasteiger partial charge in [0.05, 0.1) is 11.3 Å². The molecule has 0 radical (unpaired) electrons. The van der Waals surface area contributed by atoms with E-state index in [0.29, 0.717) is 11.3 Å². The van der Waals surface area contributed by atoms with E-state index in [2.05, 4.69) is 4.99 Å². The largest absolute Gasteiger partial charge is 0.508 e. The van der Waals surface area contributed by atoms with Crippen molar-refractivity contribution in [2.24, 2.45) is 4.99 Å². The van der Waals surface area contributed by atoms with Gasteiger partial charge in [-0.15, -0.1) is 0 Å². The minimum atomic E-state index is -0.388. The van der Waals surface area contributed by atoms with Gasteiger partial charge in [0.25, 0.3) is 0 Å². The van der Waals surface area contributed by atoms with Crippen LogP contribution in [0.2, 0.25) is 0 Å². The highest BCUT2D eigenvalue weighted by Crippen LogP contribution is 2.17. The second kappa shape index (κ2) is 7.24. The van der Waals surface area contributed by atoms with Crippen LogP contribution in [0.1, 0.15) is 15.9 Å². The van der Waals surface area contributed by atoms with Crippen molar-refractivity contribution in [3.05, 3.63) is 90.0 Å². The molecule has 0 saturated heterocycles. The van der Waals surface area contributed by atoms with Crippen LogP contribution in [0.4, 0.5) is 5.69 Å². The Kier molecular flexibility index (Phi) is 4.68. The van der Waals surface area contributed by atoms with E-state index in [-0.39, 0.29) is 11.7 Å². The van der Waals surface area contributed by atoms with E-state index in [4.69, 9.17) is 4.74 Å². The molecule has 0 spiro atoms. The Balaban J connectivity index is 1.65. The van der Waals surface area contributed by atoms with Crippen molar-refractivity contribution >= 4 is 17.9 Å². The average molecular weight is 317 g/mol. The number of aromatic hydroxyl groups is 1. The third-order valence-electron chi connectivity index (χ3n) is 3.31. The number of phenols is 1. The van der Waals surface area contributed by atoms with Gasteiger partial charge in [-0.25, -0.2) is 4.79 Å². The van der Waals surface area contributed by atoms with Gasteiger partial charge in [-0.3, -0.25) is 4.99 Å². The average Bonchev–Trinajstić information content (AvgIpc) is 2.63. The summed E-state index contributed by atoms with van der Waals surface area (Å²) in [5, 5.41) is 9.23. The molecule has 24 heavy (non-hydrogen) atoms. The molecule has 1 N–H and O–H groups in total. The fourth-order valence-electron chi connectivity index (χ4n) is 2.05. The first-order valence-electron chi connectivity index (χ1n) is 7.41. The zero-order valence-electron chi connectivity index (χ0n) is 12.8. The number of aliphatic imine (C=N–C) groups is 1. The van der Waals surface area contributed by atoms with Gasteiger partial charge < -0.3 is 9.84 Å². The quantitative estimate of drug-likeness (QED) is 0.442. The molecule has 0 bridgehead atoms. The Morgan fingerprint density at radius 2 is 1.54 bits per heavy atom. The molecule has 3 rings (SSSR count). The van der Waals surface area contributed by atoms with Gasteiger partial charge in [0.15, 0.2) is 0 Å². The van der Waals surface area contributed by atoms with Gasteiger partial charge in [-0.05, 0) is 66.2 Å². The summed E-state index contributed by atoms with van der Waals surface area (Å²) in [5.74, 6) is 0.297. The summed E-state index contributed by atoms with van der Waals surface area (Å²) < 4.78 is 5.32. The summed E-state index contributed by atoms with van der Waals surface area (Å²) in [5.41, 5.74) is 2.13. The highest BCUT2D eigenvalue weighted by atomic mass is 16.5. The molecular formula is C20H15NO3. The Hall–Kier alpha value is -3.40. The first kappa shape index (κ1) is 15.5. The number of hydrogen-bond donors (Lipinski definition) is 1. The molecule has 4 heteroatoms. The Bertz CT molecular complexity index is 838. The number of ether oxygens (including phenoxy) is 1. The molecule has 0 aliphatic heterocycles. The van der Waals surface area contributed by atoms with Crippen molar-refractivity contribution in [2.45, 2.75) is 0 Å². The fraction of sp³-hybridized carbons (Fsp3) is 0. The molecule has 3 aromatic rings. The topological polar surface area (TPSA) is 58.9 Å². The van der Waals surface area contributed by atoms with Gasteiger partial charge in [0.2, 0.25) is 0 Å². The third-order valence-corrected chi connectivity index (χ3v) is 3.31. The zero-order chi connectivity index (χ0) is 16.8. The molecule has 0 fully saturated rings. The smallest absolute Gasteiger partial charge is 0.343 e. The van der Waals surface area contributed by atoms with Gasteiger partial charge >= 0.3 is 5.97 Å². The number of esters is 1. The number of rotatable bonds is 4. The predicted molar refractivity (Wildman–Crippen MR) is 93.2 cm³/mol. The summed E-state index contributed by atoms with van der Waals surface area (Å²) in [6, 6.07) is 22.5. The summed E-state index contributed by atoms with van der Waals surface area (Å²) in [6.45, 7) is 0. The van der Waals surface area contributed by atoms with Crippen molar-refractivity contribution in [3.63, 3.8) is 0 Å². The molecule has 0 aliphatic rings. The van der Waals surface area contributed by atoms with Crippen LogP contribution in [0.25, 0.3) is 0 Å². The highest BCUT2D eigenvalue weighted by molar-refractivity contribution is 5.91. The predicted octanol–water partition coefficient (Wildman–Crippen LogP) is 4.36. The molecule has 0 aromatic heterocycles. The van der Waals surface area contributed by atoms with Crippen molar-refractivity contribution in [3.8, 4) is 11.5 Å². The molecule has 0 aliphatic carbocycles. The summed E-state index contributed by atoms with van der Waals surface area (Å²) in [6.07, 6.45) is 1.70. The standard InChI is InChI=1S/C20H15NO3/c22-18-10-8-17(9-11-18)21-14-15-6-12-19(13-7-15)24-20(23)16-4-2-1-3-5-16/h1-14,22H. The van der Waals surface area contributed by atoms with Crippen LogP contribution in [0, 0.1) is 0 Å². The number of phenolic OH excluding ortho intramolecular Hbond substituents is 1. The monoisotopic (exact) mass is 317 g/mol. The molecule has 0 unspecified atom stereocenters. The molecule has 0 heterocycles. The molecule has 0 amide bonds. The van der Waals surface area contributed by atoms with E-state index >= 15 is 0 Å². The van der Waals surface area contributed by atoms with E-state index < -0.39 is 0 Å². The first-order valence-corrected chi connectivity index (χ1v) is 7.41. The Morgan fingerprint density at radius 1 is 0.875 bits per heavy atom. The van der Waals surface area contributed by atoms with Crippen LogP contribution >= 0.6 is 0 Å². The number of benzene rings is 3. The first-order chi connectivity index (χ1) is 11.7. The van der Waals surface area contributed by atoms with E-state index in [9.17, 15) is 9.90 Å². The maximum absolute atomic E-state index is 12.0. The van der Waals surface area contributed by atoms with Crippen LogP contribution < -0.4 is 4.74 Å². The molecule has 0 atom stereocenters. The SMILES string of the molecule is O=C(Oc1ccc(C=Nc2ccc(O)cc2)cc1)c1ccccc1. The zero-order valence-corrected chi connectivity index (χ0v) is 12.8. The summed E-state index contributed by atoms with van der Waals surface area (Å²) in [4.78, 5) is 16.3. The van der Waals surface area contributed by atoms with Crippen LogP contribution in [-0.2, 0) is 0 Å². The van der Waals surface area contributed by atoms with E-state index in [0.717, 1.165) is 11.3 Å². The van der Waals surface area contributed by atoms with Crippen LogP contribution in [0.5, 0.6) is 11.5 Å². The van der Waals surface area contributed by atoms with Crippen molar-refractivity contribution in [1.82, 2.24) is 0 Å². The highest BCUT2D eigenvalue weighted by Gasteiger charge is 2.07. The number of hydrogen-bond acceptors (Lipinski definition) is 4. The fourth-order valence-corrected chi connectivity index (χ4v) is 2.05. The molecule has 0 saturated carbocycles.